The highest BCUT2D eigenvalue weighted by Gasteiger charge is 2.38. The Bertz CT molecular complexity index is 1680. The number of guanidine groups is 1. The van der Waals surface area contributed by atoms with Crippen molar-refractivity contribution >= 4 is 41.5 Å². The maximum absolute atomic E-state index is 14.1. The van der Waals surface area contributed by atoms with Gasteiger partial charge in [0.1, 0.15) is 24.2 Å². The first-order valence-electron chi connectivity index (χ1n) is 20.7. The first kappa shape index (κ1) is 47.8. The molecule has 12 N–H and O–H groups in total. The number of nitrogens with one attached hydrogen (secondary N) is 5. The van der Waals surface area contributed by atoms with Gasteiger partial charge >= 0.3 is 5.97 Å². The Morgan fingerprint density at radius 2 is 1.32 bits per heavy atom. The Kier molecular flexibility index (Phi) is 20.9. The van der Waals surface area contributed by atoms with Crippen LogP contribution >= 0.6 is 0 Å². The van der Waals surface area contributed by atoms with E-state index in [0.29, 0.717) is 38.5 Å². The number of rotatable bonds is 26. The predicted molar refractivity (Wildman–Crippen MR) is 225 cm³/mol. The predicted octanol–water partition coefficient (Wildman–Crippen LogP) is 0.795. The lowest BCUT2D eigenvalue weighted by molar-refractivity contribution is -0.144. The summed E-state index contributed by atoms with van der Waals surface area (Å²) in [5.41, 5.74) is 18.7. The van der Waals surface area contributed by atoms with E-state index in [2.05, 4.69) is 31.6 Å². The van der Waals surface area contributed by atoms with Gasteiger partial charge in [0.05, 0.1) is 18.8 Å². The lowest BCUT2D eigenvalue weighted by atomic mass is 10.0. The van der Waals surface area contributed by atoms with Gasteiger partial charge in [0.15, 0.2) is 5.96 Å². The zero-order valence-corrected chi connectivity index (χ0v) is 34.4. The minimum Gasteiger partial charge on any atom is -0.480 e. The summed E-state index contributed by atoms with van der Waals surface area (Å²) in [6.45, 7) is 4.32. The van der Waals surface area contributed by atoms with Crippen molar-refractivity contribution in [2.75, 3.05) is 19.8 Å². The third-order valence-electron chi connectivity index (χ3n) is 10.2. The van der Waals surface area contributed by atoms with Gasteiger partial charge in [-0.05, 0) is 49.7 Å². The number of hydrogen-bond acceptors (Lipinski definition) is 9. The van der Waals surface area contributed by atoms with Crippen LogP contribution in [0.25, 0.3) is 0 Å². The summed E-state index contributed by atoms with van der Waals surface area (Å²) in [5, 5.41) is 24.0. The number of carbonyl (C=O) groups is 6. The van der Waals surface area contributed by atoms with E-state index >= 15 is 0 Å². The average Bonchev–Trinajstić information content (AvgIpc) is 3.72. The first-order valence-corrected chi connectivity index (χ1v) is 20.7. The highest BCUT2D eigenvalue weighted by Crippen LogP contribution is 2.20. The van der Waals surface area contributed by atoms with Crippen LogP contribution in [0, 0.1) is 0 Å². The minimum atomic E-state index is -1.19. The van der Waals surface area contributed by atoms with E-state index < -0.39 is 71.8 Å². The molecule has 1 aliphatic heterocycles. The number of likely N-dealkylation sites (tertiary alicyclic amines) is 1. The van der Waals surface area contributed by atoms with E-state index in [9.17, 15) is 33.9 Å². The van der Waals surface area contributed by atoms with Crippen molar-refractivity contribution in [1.29, 1.82) is 0 Å². The molecule has 0 radical (unpaired) electrons. The quantitative estimate of drug-likeness (QED) is 0.0277. The lowest BCUT2D eigenvalue weighted by Crippen LogP contribution is -2.58. The molecule has 1 saturated heterocycles. The Hall–Kier alpha value is -5.55. The standard InChI is InChI=1S/C42H64N10O7/c1-3-5-19-30(43)36(53)50-33(25-28-15-9-7-10-16-28)38(55)49-31(20-6-4-2)37(54)48-27-47-32(21-13-23-46-42(44)45)40(57)52-24-14-22-35(52)39(56)51-34(41(58)59)26-29-17-11-8-12-18-29/h7-12,15-18,30-35,47H,3-6,13-14,19-27,43H2,1-2H3,(H,48,54)(H,49,55)(H,50,53)(H,51,56)(H,58,59)(H4,44,45,46)/t30-,31-,32-,33-,34-,35-/m0/s1. The van der Waals surface area contributed by atoms with Gasteiger partial charge in [0, 0.05) is 25.9 Å². The first-order chi connectivity index (χ1) is 28.3. The van der Waals surface area contributed by atoms with Gasteiger partial charge in [-0.15, -0.1) is 0 Å². The molecule has 1 heterocycles. The fourth-order valence-electron chi connectivity index (χ4n) is 6.86. The van der Waals surface area contributed by atoms with Gasteiger partial charge in [-0.3, -0.25) is 34.3 Å². The van der Waals surface area contributed by atoms with Crippen molar-refractivity contribution in [2.24, 2.45) is 22.2 Å². The molecule has 2 aromatic carbocycles. The normalized spacial score (nSPS) is 16.1. The van der Waals surface area contributed by atoms with Crippen LogP contribution in [0.5, 0.6) is 0 Å². The molecule has 59 heavy (non-hydrogen) atoms. The third-order valence-corrected chi connectivity index (χ3v) is 10.2. The molecule has 324 valence electrons. The SMILES string of the molecule is CCCC[C@H](NC(=O)[C@H](Cc1ccccc1)NC(=O)[C@@H](N)CCCC)C(=O)NCN[C@@H](CCCN=C(N)N)C(=O)N1CCC[C@H]1C(=O)N[C@@H](Cc1ccccc1)C(=O)O. The van der Waals surface area contributed by atoms with Crippen molar-refractivity contribution in [2.45, 2.75) is 127 Å². The maximum atomic E-state index is 14.1. The summed E-state index contributed by atoms with van der Waals surface area (Å²) in [6.07, 6.45) is 5.59. The van der Waals surface area contributed by atoms with Crippen LogP contribution in [-0.2, 0) is 41.6 Å². The van der Waals surface area contributed by atoms with Crippen LogP contribution in [0.3, 0.4) is 0 Å². The molecule has 2 aromatic rings. The number of carboxylic acid groups (broad SMARTS) is 1. The van der Waals surface area contributed by atoms with E-state index in [1.807, 2.05) is 50.2 Å². The molecule has 3 rings (SSSR count). The molecular formula is C42H64N10O7. The molecule has 5 amide bonds. The van der Waals surface area contributed by atoms with Gasteiger partial charge in [-0.1, -0.05) is 100 Å². The van der Waals surface area contributed by atoms with Crippen molar-refractivity contribution in [3.63, 3.8) is 0 Å². The third kappa shape index (κ3) is 16.7. The number of carboxylic acids is 1. The molecular weight excluding hydrogens is 757 g/mol. The largest absolute Gasteiger partial charge is 0.480 e. The fourth-order valence-corrected chi connectivity index (χ4v) is 6.86. The van der Waals surface area contributed by atoms with Crippen molar-refractivity contribution in [3.8, 4) is 0 Å². The number of aliphatic imine (C=N–C) groups is 1. The molecule has 0 saturated carbocycles. The molecule has 0 bridgehead atoms. The minimum absolute atomic E-state index is 0.0759. The van der Waals surface area contributed by atoms with Gasteiger partial charge in [0.25, 0.3) is 0 Å². The summed E-state index contributed by atoms with van der Waals surface area (Å²) in [5.74, 6) is -3.73. The maximum Gasteiger partial charge on any atom is 0.326 e. The second kappa shape index (κ2) is 25.7. The number of nitrogens with zero attached hydrogens (tertiary/aromatic N) is 2. The van der Waals surface area contributed by atoms with Crippen LogP contribution in [0.2, 0.25) is 0 Å². The van der Waals surface area contributed by atoms with Gasteiger partial charge < -0.3 is 48.5 Å². The smallest absolute Gasteiger partial charge is 0.326 e. The summed E-state index contributed by atoms with van der Waals surface area (Å²) in [4.78, 5) is 85.6. The highest BCUT2D eigenvalue weighted by molar-refractivity contribution is 5.94. The summed E-state index contributed by atoms with van der Waals surface area (Å²) < 4.78 is 0. The van der Waals surface area contributed by atoms with E-state index in [1.165, 1.54) is 4.90 Å². The number of aliphatic carboxylic acids is 1. The summed E-state index contributed by atoms with van der Waals surface area (Å²) in [7, 11) is 0. The van der Waals surface area contributed by atoms with Crippen molar-refractivity contribution < 1.29 is 33.9 Å². The van der Waals surface area contributed by atoms with Crippen LogP contribution < -0.4 is 43.8 Å². The molecule has 0 aromatic heterocycles. The zero-order chi connectivity index (χ0) is 43.2. The number of benzene rings is 2. The van der Waals surface area contributed by atoms with Crippen LogP contribution in [0.15, 0.2) is 65.7 Å². The molecule has 17 heteroatoms. The Morgan fingerprint density at radius 3 is 1.92 bits per heavy atom. The fraction of sp³-hybridized carbons (Fsp3) is 0.548. The van der Waals surface area contributed by atoms with Gasteiger partial charge in [0.2, 0.25) is 29.5 Å². The second-order valence-corrected chi connectivity index (χ2v) is 14.9. The van der Waals surface area contributed by atoms with Crippen LogP contribution in [0.1, 0.15) is 89.2 Å². The molecule has 1 aliphatic rings. The van der Waals surface area contributed by atoms with E-state index in [4.69, 9.17) is 17.2 Å². The summed E-state index contributed by atoms with van der Waals surface area (Å²) >= 11 is 0. The monoisotopic (exact) mass is 820 g/mol. The topological polar surface area (TPSA) is 276 Å². The molecule has 17 nitrogen and oxygen atoms in total. The number of hydrogen-bond donors (Lipinski definition) is 9. The highest BCUT2D eigenvalue weighted by atomic mass is 16.4. The van der Waals surface area contributed by atoms with Crippen molar-refractivity contribution in [1.82, 2.24) is 31.5 Å². The van der Waals surface area contributed by atoms with Crippen LogP contribution in [-0.4, -0.2) is 107 Å². The summed E-state index contributed by atoms with van der Waals surface area (Å²) in [6, 6.07) is 12.5. The molecule has 0 aliphatic carbocycles. The van der Waals surface area contributed by atoms with Crippen LogP contribution in [0.4, 0.5) is 0 Å². The van der Waals surface area contributed by atoms with E-state index in [-0.39, 0.29) is 45.0 Å². The second-order valence-electron chi connectivity index (χ2n) is 14.9. The molecule has 1 fully saturated rings. The Labute approximate surface area is 347 Å². The average molecular weight is 821 g/mol. The molecule has 6 atom stereocenters. The Balaban J connectivity index is 1.72. The number of nitrogens with two attached hydrogens (primary N) is 3. The Morgan fingerprint density at radius 1 is 0.746 bits per heavy atom. The van der Waals surface area contributed by atoms with Gasteiger partial charge in [-0.25, -0.2) is 4.79 Å². The molecule has 0 unspecified atom stereocenters. The van der Waals surface area contributed by atoms with Crippen molar-refractivity contribution in [3.05, 3.63) is 71.8 Å². The number of amides is 5. The number of unbranched alkanes of at least 4 members (excludes halogenated alkanes) is 2. The zero-order valence-electron chi connectivity index (χ0n) is 34.4. The van der Waals surface area contributed by atoms with E-state index in [1.54, 1.807) is 24.3 Å². The number of carbonyl (C=O) groups excluding carboxylic acids is 5. The van der Waals surface area contributed by atoms with Gasteiger partial charge in [-0.2, -0.15) is 0 Å². The van der Waals surface area contributed by atoms with E-state index in [0.717, 1.165) is 30.4 Å². The lowest BCUT2D eigenvalue weighted by Gasteiger charge is -2.30. The molecule has 0 spiro atoms.